The molecule has 0 amide bonds. The summed E-state index contributed by atoms with van der Waals surface area (Å²) >= 11 is 0. The number of aromatic nitrogens is 2. The number of quaternary nitrogens is 1. The predicted molar refractivity (Wildman–Crippen MR) is 126 cm³/mol. The molecule has 4 heterocycles. The van der Waals surface area contributed by atoms with Gasteiger partial charge in [-0.05, 0) is 35.9 Å². The van der Waals surface area contributed by atoms with E-state index in [0.717, 1.165) is 56.2 Å². The first-order valence-corrected chi connectivity index (χ1v) is 10.3. The Morgan fingerprint density at radius 2 is 1.94 bits per heavy atom. The third kappa shape index (κ3) is 2.73. The van der Waals surface area contributed by atoms with E-state index in [1.165, 1.54) is 0 Å². The Kier molecular flexibility index (Phi) is 4.09. The van der Waals surface area contributed by atoms with Crippen LogP contribution in [0.3, 0.4) is 0 Å². The minimum Gasteiger partial charge on any atom is -0.326 e. The minimum atomic E-state index is -0.0286. The van der Waals surface area contributed by atoms with Gasteiger partial charge in [0.25, 0.3) is 5.84 Å². The van der Waals surface area contributed by atoms with Crippen LogP contribution in [0.4, 0.5) is 0 Å². The molecule has 0 saturated heterocycles. The summed E-state index contributed by atoms with van der Waals surface area (Å²) in [5, 5.41) is 1.01. The molecule has 0 bridgehead atoms. The van der Waals surface area contributed by atoms with Crippen molar-refractivity contribution in [2.75, 3.05) is 0 Å². The third-order valence-electron chi connectivity index (χ3n) is 5.92. The summed E-state index contributed by atoms with van der Waals surface area (Å²) in [7, 11) is 0. The van der Waals surface area contributed by atoms with Crippen LogP contribution in [-0.4, -0.2) is 26.6 Å². The first-order chi connectivity index (χ1) is 15.7. The summed E-state index contributed by atoms with van der Waals surface area (Å²) in [4.78, 5) is 18.6. The van der Waals surface area contributed by atoms with Gasteiger partial charge >= 0.3 is 0 Å². The fraction of sp³-hybridized carbons (Fsp3) is 0.0400. The zero-order valence-electron chi connectivity index (χ0n) is 17.2. The quantitative estimate of drug-likeness (QED) is 0.500. The van der Waals surface area contributed by atoms with Gasteiger partial charge in [0, 0.05) is 23.7 Å². The number of hydrogen-bond acceptors (Lipinski definition) is 6. The van der Waals surface area contributed by atoms with Crippen LogP contribution in [0.1, 0.15) is 11.1 Å². The summed E-state index contributed by atoms with van der Waals surface area (Å²) in [5.74, 6) is 7.56. The SMILES string of the molecule is NCc1cc(-c2ccccn2)nc2cc(C3=NC(C4=CC=C4)=C4C=NC=C[N+]34N)ccc12. The van der Waals surface area contributed by atoms with Crippen molar-refractivity contribution in [3.8, 4) is 11.4 Å². The highest BCUT2D eigenvalue weighted by Gasteiger charge is 2.44. The Bertz CT molecular complexity index is 1460. The number of fused-ring (bicyclic) bond motifs is 2. The Morgan fingerprint density at radius 3 is 2.69 bits per heavy atom. The van der Waals surface area contributed by atoms with Crippen LogP contribution < -0.4 is 11.6 Å². The number of hydrogen-bond donors (Lipinski definition) is 2. The highest BCUT2D eigenvalue weighted by atomic mass is 15.6. The molecule has 0 radical (unpaired) electrons. The molecule has 7 nitrogen and oxygen atoms in total. The van der Waals surface area contributed by atoms with Crippen LogP contribution in [0.2, 0.25) is 0 Å². The first kappa shape index (κ1) is 18.7. The summed E-state index contributed by atoms with van der Waals surface area (Å²) in [5.41, 5.74) is 13.1. The largest absolute Gasteiger partial charge is 0.326 e. The lowest BCUT2D eigenvalue weighted by Gasteiger charge is -2.26. The number of benzene rings is 1. The summed E-state index contributed by atoms with van der Waals surface area (Å²) in [6, 6.07) is 13.9. The van der Waals surface area contributed by atoms with Crippen molar-refractivity contribution in [1.29, 1.82) is 0 Å². The number of nitrogens with zero attached hydrogens (tertiary/aromatic N) is 5. The minimum absolute atomic E-state index is 0.0286. The van der Waals surface area contributed by atoms with Crippen LogP contribution in [0.25, 0.3) is 22.3 Å². The predicted octanol–water partition coefficient (Wildman–Crippen LogP) is 3.47. The molecular formula is C25H20N7+. The third-order valence-corrected chi connectivity index (χ3v) is 5.92. The van der Waals surface area contributed by atoms with Gasteiger partial charge in [0.15, 0.2) is 0 Å². The Labute approximate surface area is 184 Å². The molecule has 3 aliphatic rings. The normalized spacial score (nSPS) is 20.9. The second-order valence-electron chi connectivity index (χ2n) is 7.82. The lowest BCUT2D eigenvalue weighted by molar-refractivity contribution is -0.750. The fourth-order valence-electron chi connectivity index (χ4n) is 4.19. The summed E-state index contributed by atoms with van der Waals surface area (Å²) in [6.45, 7) is 0.408. The Morgan fingerprint density at radius 1 is 1.03 bits per heavy atom. The van der Waals surface area contributed by atoms with E-state index in [2.05, 4.69) is 9.98 Å². The molecule has 1 atom stereocenters. The monoisotopic (exact) mass is 418 g/mol. The zero-order valence-corrected chi connectivity index (χ0v) is 17.2. The number of rotatable bonds is 4. The molecule has 1 aliphatic carbocycles. The average molecular weight is 418 g/mol. The van der Waals surface area contributed by atoms with E-state index in [4.69, 9.17) is 21.6 Å². The molecule has 32 heavy (non-hydrogen) atoms. The van der Waals surface area contributed by atoms with Crippen LogP contribution in [0, 0.1) is 0 Å². The standard InChI is InChI=1S/C25H20N7/c26-14-18-13-22(20-6-1-2-9-29-20)30-21-12-17(7-8-19(18)21)25-31-24(16-4-3-5-16)23-15-28-10-11-32(23,25)27/h1-13,15H,14,26-27H2/q+1. The van der Waals surface area contributed by atoms with Crippen LogP contribution >= 0.6 is 0 Å². The molecule has 1 unspecified atom stereocenters. The maximum absolute atomic E-state index is 6.84. The van der Waals surface area contributed by atoms with Gasteiger partial charge in [-0.15, -0.1) is 4.59 Å². The topological polar surface area (TPSA) is 103 Å². The highest BCUT2D eigenvalue weighted by molar-refractivity contribution is 6.03. The van der Waals surface area contributed by atoms with E-state index in [9.17, 15) is 0 Å². The molecule has 3 aromatic rings. The van der Waals surface area contributed by atoms with Gasteiger partial charge < -0.3 is 5.73 Å². The number of pyridine rings is 2. The van der Waals surface area contributed by atoms with E-state index in [0.29, 0.717) is 6.54 Å². The number of allylic oxidation sites excluding steroid dienone is 4. The van der Waals surface area contributed by atoms with E-state index in [-0.39, 0.29) is 4.59 Å². The lowest BCUT2D eigenvalue weighted by atomic mass is 10.0. The first-order valence-electron chi connectivity index (χ1n) is 10.3. The molecule has 4 N–H and O–H groups in total. The van der Waals surface area contributed by atoms with E-state index in [1.54, 1.807) is 18.6 Å². The van der Waals surface area contributed by atoms with Gasteiger partial charge in [0.2, 0.25) is 5.70 Å². The van der Waals surface area contributed by atoms with E-state index in [1.807, 2.05) is 66.9 Å². The molecule has 1 aromatic carbocycles. The van der Waals surface area contributed by atoms with Crippen LogP contribution in [0.5, 0.6) is 0 Å². The van der Waals surface area contributed by atoms with Crippen molar-refractivity contribution in [3.05, 3.63) is 107 Å². The van der Waals surface area contributed by atoms with Crippen LogP contribution in [-0.2, 0) is 6.54 Å². The Hall–Kier alpha value is -4.04. The van der Waals surface area contributed by atoms with E-state index >= 15 is 0 Å². The number of nitrogens with two attached hydrogens (primary N) is 2. The van der Waals surface area contributed by atoms with Crippen molar-refractivity contribution in [1.82, 2.24) is 9.97 Å². The molecule has 2 aromatic heterocycles. The molecule has 0 spiro atoms. The Balaban J connectivity index is 1.51. The zero-order chi connectivity index (χ0) is 21.7. The second-order valence-corrected chi connectivity index (χ2v) is 7.82. The molecule has 0 saturated carbocycles. The van der Waals surface area contributed by atoms with Crippen molar-refractivity contribution < 1.29 is 4.59 Å². The smallest absolute Gasteiger partial charge is 0.265 e. The van der Waals surface area contributed by atoms with Crippen molar-refractivity contribution in [2.24, 2.45) is 21.6 Å². The van der Waals surface area contributed by atoms with Crippen molar-refractivity contribution in [3.63, 3.8) is 0 Å². The molecule has 154 valence electrons. The molecule has 0 fully saturated rings. The average Bonchev–Trinajstić information content (AvgIpc) is 3.10. The van der Waals surface area contributed by atoms with Gasteiger partial charge in [0.05, 0.1) is 34.9 Å². The van der Waals surface area contributed by atoms with Gasteiger partial charge in [-0.2, -0.15) is 10.8 Å². The van der Waals surface area contributed by atoms with Gasteiger partial charge in [-0.1, -0.05) is 30.4 Å². The summed E-state index contributed by atoms with van der Waals surface area (Å²) < 4.78 is -0.0286. The maximum Gasteiger partial charge on any atom is 0.265 e. The molecular weight excluding hydrogens is 398 g/mol. The number of aliphatic imine (C=N–C) groups is 2. The van der Waals surface area contributed by atoms with Gasteiger partial charge in [-0.3, -0.25) is 9.98 Å². The van der Waals surface area contributed by atoms with Gasteiger partial charge in [-0.25, -0.2) is 4.98 Å². The molecule has 6 rings (SSSR count). The lowest BCUT2D eigenvalue weighted by Crippen LogP contribution is -2.53. The fourth-order valence-corrected chi connectivity index (χ4v) is 4.19. The van der Waals surface area contributed by atoms with Crippen molar-refractivity contribution in [2.45, 2.75) is 6.54 Å². The second kappa shape index (κ2) is 7.00. The number of amidine groups is 1. The van der Waals surface area contributed by atoms with Crippen molar-refractivity contribution >= 4 is 23.0 Å². The van der Waals surface area contributed by atoms with Gasteiger partial charge in [0.1, 0.15) is 11.9 Å². The highest BCUT2D eigenvalue weighted by Crippen LogP contribution is 2.36. The van der Waals surface area contributed by atoms with E-state index < -0.39 is 0 Å². The molecule has 7 heteroatoms. The molecule has 2 aliphatic heterocycles. The summed E-state index contributed by atoms with van der Waals surface area (Å²) in [6.07, 6.45) is 13.1. The maximum atomic E-state index is 6.84. The van der Waals surface area contributed by atoms with Crippen LogP contribution in [0.15, 0.2) is 106 Å².